The number of ketones is 1. The second-order valence-corrected chi connectivity index (χ2v) is 6.45. The predicted molar refractivity (Wildman–Crippen MR) is 57.4 cm³/mol. The van der Waals surface area contributed by atoms with Crippen molar-refractivity contribution in [1.29, 1.82) is 0 Å². The maximum absolute atomic E-state index is 13.0. The van der Waals surface area contributed by atoms with Crippen LogP contribution >= 0.6 is 0 Å². The summed E-state index contributed by atoms with van der Waals surface area (Å²) in [6, 6.07) is 1.18. The number of carbonyl (C=O) groups excluding carboxylic acids is 1. The lowest BCUT2D eigenvalue weighted by atomic mass is 9.97. The van der Waals surface area contributed by atoms with Crippen LogP contribution in [-0.4, -0.2) is 25.7 Å². The first-order chi connectivity index (χ1) is 8.30. The van der Waals surface area contributed by atoms with E-state index < -0.39 is 39.0 Å². The summed E-state index contributed by atoms with van der Waals surface area (Å²) in [5.41, 5.74) is -0.339. The first kappa shape index (κ1) is 13.1. The SMILES string of the molecule is O=C(c1cc(F)c(F)c(F)c1)C1CCS(=O)(=O)C1. The number of Topliss-reactive ketones (excluding diaryl/α,β-unsaturated/α-hetero) is 1. The Morgan fingerprint density at radius 2 is 1.72 bits per heavy atom. The summed E-state index contributed by atoms with van der Waals surface area (Å²) in [5.74, 6) is -6.49. The second-order valence-electron chi connectivity index (χ2n) is 4.22. The summed E-state index contributed by atoms with van der Waals surface area (Å²) in [5, 5.41) is 0. The van der Waals surface area contributed by atoms with Crippen LogP contribution in [0.3, 0.4) is 0 Å². The minimum absolute atomic E-state index is 0.116. The smallest absolute Gasteiger partial charge is 0.194 e. The van der Waals surface area contributed by atoms with Gasteiger partial charge in [-0.2, -0.15) is 0 Å². The van der Waals surface area contributed by atoms with E-state index in [1.54, 1.807) is 0 Å². The highest BCUT2D eigenvalue weighted by Crippen LogP contribution is 2.24. The molecule has 0 N–H and O–H groups in total. The summed E-state index contributed by atoms with van der Waals surface area (Å²) < 4.78 is 61.0. The number of carbonyl (C=O) groups is 1. The molecule has 1 aromatic carbocycles. The summed E-state index contributed by atoms with van der Waals surface area (Å²) >= 11 is 0. The van der Waals surface area contributed by atoms with Crippen LogP contribution in [0.2, 0.25) is 0 Å². The second kappa shape index (κ2) is 4.38. The first-order valence-electron chi connectivity index (χ1n) is 5.19. The topological polar surface area (TPSA) is 51.2 Å². The van der Waals surface area contributed by atoms with E-state index in [0.29, 0.717) is 12.1 Å². The van der Waals surface area contributed by atoms with Gasteiger partial charge in [0.2, 0.25) is 0 Å². The van der Waals surface area contributed by atoms with E-state index in [1.807, 2.05) is 0 Å². The Labute approximate surface area is 102 Å². The van der Waals surface area contributed by atoms with Crippen LogP contribution in [0.1, 0.15) is 16.8 Å². The van der Waals surface area contributed by atoms with Gasteiger partial charge in [-0.1, -0.05) is 0 Å². The Hall–Kier alpha value is -1.37. The maximum Gasteiger partial charge on any atom is 0.194 e. The Morgan fingerprint density at radius 1 is 1.17 bits per heavy atom. The number of hydrogen-bond donors (Lipinski definition) is 0. The van der Waals surface area contributed by atoms with Gasteiger partial charge < -0.3 is 0 Å². The molecule has 1 heterocycles. The molecule has 0 aliphatic carbocycles. The molecule has 0 amide bonds. The van der Waals surface area contributed by atoms with E-state index in [-0.39, 0.29) is 23.5 Å². The molecular weight excluding hydrogens is 269 g/mol. The van der Waals surface area contributed by atoms with Gasteiger partial charge in [0, 0.05) is 11.5 Å². The fourth-order valence-corrected chi connectivity index (χ4v) is 3.68. The molecule has 0 radical (unpaired) electrons. The molecule has 0 spiro atoms. The Balaban J connectivity index is 2.30. The van der Waals surface area contributed by atoms with E-state index in [0.717, 1.165) is 0 Å². The number of halogens is 3. The normalized spacial score (nSPS) is 22.1. The molecule has 1 aliphatic heterocycles. The van der Waals surface area contributed by atoms with Crippen molar-refractivity contribution in [2.75, 3.05) is 11.5 Å². The molecule has 1 aliphatic rings. The first-order valence-corrected chi connectivity index (χ1v) is 7.01. The van der Waals surface area contributed by atoms with Crippen LogP contribution < -0.4 is 0 Å². The minimum atomic E-state index is -3.26. The Morgan fingerprint density at radius 3 is 2.17 bits per heavy atom. The van der Waals surface area contributed by atoms with Crippen LogP contribution in [0.25, 0.3) is 0 Å². The number of rotatable bonds is 2. The fourth-order valence-electron chi connectivity index (χ4n) is 1.94. The van der Waals surface area contributed by atoms with Crippen molar-refractivity contribution in [2.24, 2.45) is 5.92 Å². The molecule has 18 heavy (non-hydrogen) atoms. The van der Waals surface area contributed by atoms with Gasteiger partial charge in [-0.3, -0.25) is 4.79 Å². The van der Waals surface area contributed by atoms with Gasteiger partial charge >= 0.3 is 0 Å². The average Bonchev–Trinajstić information content (AvgIpc) is 2.65. The molecular formula is C11H9F3O3S. The number of hydrogen-bond acceptors (Lipinski definition) is 3. The molecule has 1 fully saturated rings. The third-order valence-corrected chi connectivity index (χ3v) is 4.64. The van der Waals surface area contributed by atoms with Gasteiger partial charge in [0.15, 0.2) is 33.1 Å². The lowest BCUT2D eigenvalue weighted by Crippen LogP contribution is -2.17. The molecule has 7 heteroatoms. The largest absolute Gasteiger partial charge is 0.294 e. The number of benzene rings is 1. The van der Waals surface area contributed by atoms with Crippen molar-refractivity contribution >= 4 is 15.6 Å². The molecule has 1 unspecified atom stereocenters. The lowest BCUT2D eigenvalue weighted by molar-refractivity contribution is 0.0932. The fraction of sp³-hybridized carbons (Fsp3) is 0.364. The van der Waals surface area contributed by atoms with Crippen LogP contribution in [0.5, 0.6) is 0 Å². The monoisotopic (exact) mass is 278 g/mol. The molecule has 1 saturated heterocycles. The van der Waals surface area contributed by atoms with Crippen molar-refractivity contribution in [2.45, 2.75) is 6.42 Å². The Kier molecular flexibility index (Phi) is 3.18. The molecule has 0 saturated carbocycles. The van der Waals surface area contributed by atoms with Crippen LogP contribution in [-0.2, 0) is 9.84 Å². The van der Waals surface area contributed by atoms with Gasteiger partial charge in [0.1, 0.15) is 0 Å². The molecule has 3 nitrogen and oxygen atoms in total. The van der Waals surface area contributed by atoms with Crippen molar-refractivity contribution in [1.82, 2.24) is 0 Å². The predicted octanol–water partition coefficient (Wildman–Crippen LogP) is 1.72. The summed E-state index contributed by atoms with van der Waals surface area (Å²) in [4.78, 5) is 11.8. The van der Waals surface area contributed by atoms with Crippen LogP contribution in [0.15, 0.2) is 12.1 Å². The maximum atomic E-state index is 13.0. The quantitative estimate of drug-likeness (QED) is 0.611. The minimum Gasteiger partial charge on any atom is -0.294 e. The van der Waals surface area contributed by atoms with Gasteiger partial charge in [0.25, 0.3) is 0 Å². The van der Waals surface area contributed by atoms with Crippen molar-refractivity contribution in [3.63, 3.8) is 0 Å². The van der Waals surface area contributed by atoms with E-state index in [9.17, 15) is 26.4 Å². The zero-order chi connectivity index (χ0) is 13.5. The average molecular weight is 278 g/mol. The van der Waals surface area contributed by atoms with E-state index >= 15 is 0 Å². The summed E-state index contributed by atoms with van der Waals surface area (Å²) in [7, 11) is -3.26. The molecule has 0 aromatic heterocycles. The highest BCUT2D eigenvalue weighted by molar-refractivity contribution is 7.91. The highest BCUT2D eigenvalue weighted by atomic mass is 32.2. The van der Waals surface area contributed by atoms with E-state index in [4.69, 9.17) is 0 Å². The van der Waals surface area contributed by atoms with Crippen molar-refractivity contribution < 1.29 is 26.4 Å². The molecule has 98 valence electrons. The summed E-state index contributed by atoms with van der Waals surface area (Å²) in [6.07, 6.45) is 0.127. The van der Waals surface area contributed by atoms with E-state index in [2.05, 4.69) is 0 Å². The standard InChI is InChI=1S/C11H9F3O3S/c12-8-3-7(4-9(13)10(8)14)11(15)6-1-2-18(16,17)5-6/h3-4,6H,1-2,5H2. The van der Waals surface area contributed by atoms with Crippen LogP contribution in [0.4, 0.5) is 13.2 Å². The zero-order valence-corrected chi connectivity index (χ0v) is 9.94. The van der Waals surface area contributed by atoms with E-state index in [1.165, 1.54) is 0 Å². The molecule has 0 bridgehead atoms. The highest BCUT2D eigenvalue weighted by Gasteiger charge is 2.34. The lowest BCUT2D eigenvalue weighted by Gasteiger charge is -2.07. The van der Waals surface area contributed by atoms with Gasteiger partial charge in [-0.25, -0.2) is 21.6 Å². The molecule has 1 atom stereocenters. The molecule has 2 rings (SSSR count). The molecule has 1 aromatic rings. The third-order valence-electron chi connectivity index (χ3n) is 2.87. The third kappa shape index (κ3) is 2.40. The van der Waals surface area contributed by atoms with Crippen LogP contribution in [0, 0.1) is 23.4 Å². The zero-order valence-electron chi connectivity index (χ0n) is 9.12. The van der Waals surface area contributed by atoms with Gasteiger partial charge in [0.05, 0.1) is 11.5 Å². The Bertz CT molecular complexity index is 587. The van der Waals surface area contributed by atoms with Crippen molar-refractivity contribution in [3.05, 3.63) is 35.1 Å². The summed E-state index contributed by atoms with van der Waals surface area (Å²) in [6.45, 7) is 0. The van der Waals surface area contributed by atoms with Gasteiger partial charge in [-0.15, -0.1) is 0 Å². The van der Waals surface area contributed by atoms with Gasteiger partial charge in [-0.05, 0) is 18.6 Å². The van der Waals surface area contributed by atoms with Crippen molar-refractivity contribution in [3.8, 4) is 0 Å². The number of sulfone groups is 1.